The van der Waals surface area contributed by atoms with Gasteiger partial charge in [-0.15, -0.1) is 0 Å². The van der Waals surface area contributed by atoms with Crippen LogP contribution in [0.2, 0.25) is 5.02 Å². The van der Waals surface area contributed by atoms with Crippen molar-refractivity contribution >= 4 is 23.3 Å². The maximum absolute atomic E-state index is 12.3. The van der Waals surface area contributed by atoms with E-state index in [0.717, 1.165) is 35.8 Å². The molecule has 1 atom stereocenters. The van der Waals surface area contributed by atoms with E-state index in [1.54, 1.807) is 6.07 Å². The maximum Gasteiger partial charge on any atom is 0.338 e. The number of esters is 1. The monoisotopic (exact) mass is 385 g/mol. The Morgan fingerprint density at radius 3 is 2.96 bits per heavy atom. The molecule has 1 spiro atoms. The van der Waals surface area contributed by atoms with Crippen LogP contribution in [0.5, 0.6) is 5.75 Å². The minimum Gasteiger partial charge on any atom is -0.490 e. The fourth-order valence-corrected chi connectivity index (χ4v) is 4.10. The van der Waals surface area contributed by atoms with Crippen molar-refractivity contribution in [2.24, 2.45) is 5.92 Å². The maximum atomic E-state index is 12.3. The highest BCUT2D eigenvalue weighted by molar-refractivity contribution is 6.30. The molecule has 2 aromatic rings. The molecule has 1 aliphatic carbocycles. The van der Waals surface area contributed by atoms with Crippen molar-refractivity contribution in [2.75, 3.05) is 25.1 Å². The zero-order valence-electron chi connectivity index (χ0n) is 15.7. The first-order chi connectivity index (χ1) is 13.0. The molecule has 0 saturated carbocycles. The van der Waals surface area contributed by atoms with E-state index >= 15 is 0 Å². The molecule has 0 radical (unpaired) electrons. The van der Waals surface area contributed by atoms with Crippen molar-refractivity contribution < 1.29 is 14.3 Å². The second-order valence-corrected chi connectivity index (χ2v) is 8.36. The first-order valence-electron chi connectivity index (χ1n) is 9.44. The average molecular weight is 386 g/mol. The van der Waals surface area contributed by atoms with Crippen LogP contribution >= 0.6 is 11.6 Å². The Morgan fingerprint density at radius 1 is 1.30 bits per heavy atom. The number of rotatable bonds is 3. The van der Waals surface area contributed by atoms with E-state index in [1.165, 1.54) is 11.1 Å². The number of benzene rings is 2. The summed E-state index contributed by atoms with van der Waals surface area (Å²) in [6.07, 6.45) is 2.02. The summed E-state index contributed by atoms with van der Waals surface area (Å²) in [6.45, 7) is 5.83. The number of carbonyl (C=O) groups is 1. The molecule has 142 valence electrons. The molecule has 0 amide bonds. The number of aryl methyl sites for hydroxylation is 1. The molecular weight excluding hydrogens is 362 g/mol. The Bertz CT molecular complexity index is 880. The Hall–Kier alpha value is -2.20. The minimum absolute atomic E-state index is 0.0722. The van der Waals surface area contributed by atoms with Gasteiger partial charge < -0.3 is 14.8 Å². The van der Waals surface area contributed by atoms with Crippen molar-refractivity contribution in [3.8, 4) is 5.75 Å². The van der Waals surface area contributed by atoms with Crippen molar-refractivity contribution in [1.29, 1.82) is 0 Å². The van der Waals surface area contributed by atoms with Gasteiger partial charge in [-0.05, 0) is 60.2 Å². The third-order valence-corrected chi connectivity index (χ3v) is 5.63. The number of ether oxygens (including phenoxy) is 2. The fraction of sp³-hybridized carbons (Fsp3) is 0.409. The summed E-state index contributed by atoms with van der Waals surface area (Å²) in [6, 6.07) is 11.6. The van der Waals surface area contributed by atoms with Crippen molar-refractivity contribution in [1.82, 2.24) is 0 Å². The van der Waals surface area contributed by atoms with Crippen molar-refractivity contribution in [2.45, 2.75) is 32.1 Å². The zero-order valence-corrected chi connectivity index (χ0v) is 16.4. The summed E-state index contributed by atoms with van der Waals surface area (Å²) in [7, 11) is 0. The van der Waals surface area contributed by atoms with Gasteiger partial charge in [0, 0.05) is 17.0 Å². The summed E-state index contributed by atoms with van der Waals surface area (Å²) in [5, 5.41) is 4.29. The van der Waals surface area contributed by atoms with Gasteiger partial charge in [-0.2, -0.15) is 0 Å². The van der Waals surface area contributed by atoms with Gasteiger partial charge in [0.05, 0.1) is 24.5 Å². The van der Waals surface area contributed by atoms with Gasteiger partial charge in [0.2, 0.25) is 0 Å². The molecule has 27 heavy (non-hydrogen) atoms. The van der Waals surface area contributed by atoms with E-state index in [4.69, 9.17) is 21.1 Å². The lowest BCUT2D eigenvalue weighted by Gasteiger charge is -2.28. The zero-order chi connectivity index (χ0) is 19.0. The van der Waals surface area contributed by atoms with Crippen LogP contribution in [0.1, 0.15) is 41.8 Å². The van der Waals surface area contributed by atoms with Crippen molar-refractivity contribution in [3.05, 3.63) is 58.1 Å². The molecule has 4 rings (SSSR count). The Balaban J connectivity index is 1.55. The van der Waals surface area contributed by atoms with Crippen LogP contribution in [0, 0.1) is 5.92 Å². The molecule has 2 aliphatic rings. The lowest BCUT2D eigenvalue weighted by molar-refractivity contribution is 0.0459. The van der Waals surface area contributed by atoms with Crippen LogP contribution in [0.15, 0.2) is 36.4 Å². The fourth-order valence-electron chi connectivity index (χ4n) is 3.91. The number of hydrogen-bond acceptors (Lipinski definition) is 4. The topological polar surface area (TPSA) is 47.6 Å². The molecule has 1 N–H and O–H groups in total. The first kappa shape index (κ1) is 18.2. The van der Waals surface area contributed by atoms with E-state index in [1.807, 2.05) is 32.0 Å². The summed E-state index contributed by atoms with van der Waals surface area (Å²) in [4.78, 5) is 12.3. The molecule has 0 fully saturated rings. The molecule has 1 heterocycles. The quantitative estimate of drug-likeness (QED) is 0.768. The second-order valence-electron chi connectivity index (χ2n) is 7.93. The summed E-state index contributed by atoms with van der Waals surface area (Å²) >= 11 is 6.16. The second kappa shape index (κ2) is 7.08. The number of anilines is 1. The Kier molecular flexibility index (Phi) is 4.77. The van der Waals surface area contributed by atoms with Gasteiger partial charge in [0.1, 0.15) is 5.75 Å². The lowest BCUT2D eigenvalue weighted by atomic mass is 9.82. The molecule has 2 aromatic carbocycles. The van der Waals surface area contributed by atoms with Crippen LogP contribution in [-0.2, 0) is 16.6 Å². The van der Waals surface area contributed by atoms with Gasteiger partial charge in [-0.3, -0.25) is 0 Å². The number of halogens is 1. The molecule has 0 bridgehead atoms. The Morgan fingerprint density at radius 2 is 2.15 bits per heavy atom. The number of fused-ring (bicyclic) bond motifs is 3. The standard InChI is InChI=1S/C22H24ClNO3/c1-14(2)11-26-21(25)16-3-6-20-19(10-16)24-12-22(13-27-20)8-7-15-9-17(23)4-5-18(15)22/h3-6,9-10,14,24H,7-8,11-13H2,1-2H3/t22-/m0/s1. The smallest absolute Gasteiger partial charge is 0.338 e. The largest absolute Gasteiger partial charge is 0.490 e. The number of carbonyl (C=O) groups excluding carboxylic acids is 1. The van der Waals surface area contributed by atoms with E-state index in [-0.39, 0.29) is 11.4 Å². The van der Waals surface area contributed by atoms with Gasteiger partial charge in [0.15, 0.2) is 0 Å². The molecule has 0 saturated heterocycles. The normalized spacial score (nSPS) is 20.4. The lowest BCUT2D eigenvalue weighted by Crippen LogP contribution is -2.36. The number of hydrogen-bond donors (Lipinski definition) is 1. The van der Waals surface area contributed by atoms with Gasteiger partial charge in [0.25, 0.3) is 0 Å². The molecule has 1 aliphatic heterocycles. The van der Waals surface area contributed by atoms with Gasteiger partial charge in [-0.25, -0.2) is 4.79 Å². The van der Waals surface area contributed by atoms with E-state index in [0.29, 0.717) is 24.7 Å². The third kappa shape index (κ3) is 3.51. The van der Waals surface area contributed by atoms with Crippen molar-refractivity contribution in [3.63, 3.8) is 0 Å². The van der Waals surface area contributed by atoms with Crippen LogP contribution in [0.4, 0.5) is 5.69 Å². The van der Waals surface area contributed by atoms with Gasteiger partial charge in [-0.1, -0.05) is 31.5 Å². The van der Waals surface area contributed by atoms with Crippen LogP contribution in [0.3, 0.4) is 0 Å². The van der Waals surface area contributed by atoms with E-state index < -0.39 is 0 Å². The van der Waals surface area contributed by atoms with E-state index in [9.17, 15) is 4.79 Å². The van der Waals surface area contributed by atoms with E-state index in [2.05, 4.69) is 17.4 Å². The summed E-state index contributed by atoms with van der Waals surface area (Å²) in [5.41, 5.74) is 3.92. The Labute approximate surface area is 164 Å². The van der Waals surface area contributed by atoms with Crippen LogP contribution < -0.4 is 10.1 Å². The highest BCUT2D eigenvalue weighted by Crippen LogP contribution is 2.43. The molecule has 5 heteroatoms. The minimum atomic E-state index is -0.298. The average Bonchev–Trinajstić information content (AvgIpc) is 2.89. The predicted molar refractivity (Wildman–Crippen MR) is 107 cm³/mol. The first-order valence-corrected chi connectivity index (χ1v) is 9.81. The third-order valence-electron chi connectivity index (χ3n) is 5.40. The van der Waals surface area contributed by atoms with Crippen LogP contribution in [0.25, 0.3) is 0 Å². The summed E-state index contributed by atoms with van der Waals surface area (Å²) < 4.78 is 11.5. The highest BCUT2D eigenvalue weighted by Gasteiger charge is 2.41. The van der Waals surface area contributed by atoms with Crippen LogP contribution in [-0.4, -0.2) is 25.7 Å². The number of nitrogens with one attached hydrogen (secondary N) is 1. The molecule has 0 unspecified atom stereocenters. The SMILES string of the molecule is CC(C)COC(=O)c1ccc2c(c1)NC[C@@]1(CCc3cc(Cl)ccc31)CO2. The summed E-state index contributed by atoms with van der Waals surface area (Å²) in [5.74, 6) is 0.787. The predicted octanol–water partition coefficient (Wildman–Crippen LogP) is 4.84. The molecule has 0 aromatic heterocycles. The van der Waals surface area contributed by atoms with Gasteiger partial charge >= 0.3 is 5.97 Å². The highest BCUT2D eigenvalue weighted by atomic mass is 35.5. The molecular formula is C22H24ClNO3. The molecule has 4 nitrogen and oxygen atoms in total.